The lowest BCUT2D eigenvalue weighted by molar-refractivity contribution is -0.111. The number of aliphatic imine (C=N–C) groups is 1. The summed E-state index contributed by atoms with van der Waals surface area (Å²) in [6, 6.07) is 14.3. The van der Waals surface area contributed by atoms with E-state index in [1.165, 1.54) is 6.92 Å². The predicted octanol–water partition coefficient (Wildman–Crippen LogP) is 3.58. The number of para-hydroxylation sites is 1. The molecule has 0 aliphatic heterocycles. The van der Waals surface area contributed by atoms with Crippen LogP contribution in [0.4, 0.5) is 11.4 Å². The van der Waals surface area contributed by atoms with Crippen LogP contribution in [0.25, 0.3) is 0 Å². The first-order valence-corrected chi connectivity index (χ1v) is 6.98. The standard InChI is InChI=1S/C16H16ClN3O2/c1-11(21)16(18-12-6-5-7-13(10-12)22-2)20-19-15-9-4-3-8-14(15)17/h3-10,19H,1-2H3,(H,18,20). The van der Waals surface area contributed by atoms with Gasteiger partial charge in [-0.3, -0.25) is 15.6 Å². The number of nitrogens with one attached hydrogen (secondary N) is 2. The van der Waals surface area contributed by atoms with E-state index < -0.39 is 0 Å². The fourth-order valence-corrected chi connectivity index (χ4v) is 1.88. The third-order valence-corrected chi connectivity index (χ3v) is 3.15. The van der Waals surface area contributed by atoms with Gasteiger partial charge in [0.1, 0.15) is 5.75 Å². The van der Waals surface area contributed by atoms with Gasteiger partial charge in [-0.2, -0.15) is 0 Å². The molecule has 0 fully saturated rings. The molecule has 5 nitrogen and oxygen atoms in total. The number of methoxy groups -OCH3 is 1. The van der Waals surface area contributed by atoms with Crippen molar-refractivity contribution in [2.24, 2.45) is 4.99 Å². The van der Waals surface area contributed by atoms with Gasteiger partial charge in [-0.1, -0.05) is 29.8 Å². The second-order valence-corrected chi connectivity index (χ2v) is 4.86. The van der Waals surface area contributed by atoms with Crippen molar-refractivity contribution >= 4 is 34.6 Å². The Kier molecular flexibility index (Phi) is 5.38. The Bertz CT molecular complexity index is 701. The van der Waals surface area contributed by atoms with Crippen LogP contribution in [0, 0.1) is 0 Å². The number of nitrogens with zero attached hydrogens (tertiary/aromatic N) is 1. The average molecular weight is 318 g/mol. The van der Waals surface area contributed by atoms with E-state index in [-0.39, 0.29) is 11.6 Å². The molecule has 22 heavy (non-hydrogen) atoms. The lowest BCUT2D eigenvalue weighted by Crippen LogP contribution is -2.34. The summed E-state index contributed by atoms with van der Waals surface area (Å²) < 4.78 is 5.13. The zero-order valence-corrected chi connectivity index (χ0v) is 13.0. The third kappa shape index (κ3) is 4.23. The molecular formula is C16H16ClN3O2. The summed E-state index contributed by atoms with van der Waals surface area (Å²) in [4.78, 5) is 16.0. The Labute approximate surface area is 133 Å². The number of carbonyl (C=O) groups is 1. The first kappa shape index (κ1) is 15.9. The average Bonchev–Trinajstić information content (AvgIpc) is 2.52. The van der Waals surface area contributed by atoms with Crippen LogP contribution >= 0.6 is 11.6 Å². The van der Waals surface area contributed by atoms with E-state index in [9.17, 15) is 4.79 Å². The van der Waals surface area contributed by atoms with E-state index in [0.717, 1.165) is 0 Å². The van der Waals surface area contributed by atoms with Crippen LogP contribution in [-0.4, -0.2) is 18.7 Å². The number of halogens is 1. The summed E-state index contributed by atoms with van der Waals surface area (Å²) >= 11 is 6.04. The predicted molar refractivity (Wildman–Crippen MR) is 89.0 cm³/mol. The van der Waals surface area contributed by atoms with Gasteiger partial charge < -0.3 is 4.74 Å². The van der Waals surface area contributed by atoms with Crippen molar-refractivity contribution in [1.82, 2.24) is 5.43 Å². The molecule has 0 bridgehead atoms. The van der Waals surface area contributed by atoms with Crippen molar-refractivity contribution in [3.8, 4) is 5.75 Å². The molecule has 2 N–H and O–H groups in total. The fraction of sp³-hybridized carbons (Fsp3) is 0.125. The minimum absolute atomic E-state index is 0.174. The Morgan fingerprint density at radius 2 is 1.95 bits per heavy atom. The monoisotopic (exact) mass is 317 g/mol. The number of ether oxygens (including phenoxy) is 1. The lowest BCUT2D eigenvalue weighted by Gasteiger charge is -2.11. The number of rotatable bonds is 5. The van der Waals surface area contributed by atoms with Crippen LogP contribution in [0.5, 0.6) is 5.75 Å². The van der Waals surface area contributed by atoms with Crippen molar-refractivity contribution in [2.75, 3.05) is 12.5 Å². The van der Waals surface area contributed by atoms with Crippen LogP contribution < -0.4 is 15.6 Å². The zero-order chi connectivity index (χ0) is 15.9. The molecule has 2 aromatic rings. The summed E-state index contributed by atoms with van der Waals surface area (Å²) in [5, 5.41) is 0.541. The molecule has 0 aliphatic carbocycles. The van der Waals surface area contributed by atoms with Crippen LogP contribution in [0.1, 0.15) is 6.92 Å². The quantitative estimate of drug-likeness (QED) is 0.502. The third-order valence-electron chi connectivity index (χ3n) is 2.82. The molecule has 0 amide bonds. The number of carbonyl (C=O) groups excluding carboxylic acids is 1. The summed E-state index contributed by atoms with van der Waals surface area (Å²) in [6.07, 6.45) is 0. The molecule has 2 aromatic carbocycles. The van der Waals surface area contributed by atoms with Crippen molar-refractivity contribution < 1.29 is 9.53 Å². The topological polar surface area (TPSA) is 62.7 Å². The second kappa shape index (κ2) is 7.47. The Hall–Kier alpha value is -2.53. The maximum Gasteiger partial charge on any atom is 0.196 e. The normalized spacial score (nSPS) is 11.0. The van der Waals surface area contributed by atoms with E-state index >= 15 is 0 Å². The largest absolute Gasteiger partial charge is 0.497 e. The van der Waals surface area contributed by atoms with E-state index in [1.54, 1.807) is 37.4 Å². The summed E-state index contributed by atoms with van der Waals surface area (Å²) in [5.41, 5.74) is 6.93. The van der Waals surface area contributed by atoms with Crippen LogP contribution in [0.2, 0.25) is 5.02 Å². The van der Waals surface area contributed by atoms with Gasteiger partial charge in [0.15, 0.2) is 11.6 Å². The minimum Gasteiger partial charge on any atom is -0.497 e. The van der Waals surface area contributed by atoms with Crippen molar-refractivity contribution in [2.45, 2.75) is 6.92 Å². The first-order valence-electron chi connectivity index (χ1n) is 6.60. The van der Waals surface area contributed by atoms with E-state index in [4.69, 9.17) is 16.3 Å². The molecule has 0 aliphatic rings. The van der Waals surface area contributed by atoms with E-state index in [0.29, 0.717) is 22.1 Å². The first-order chi connectivity index (χ1) is 10.6. The maximum absolute atomic E-state index is 11.7. The number of benzene rings is 2. The molecule has 0 radical (unpaired) electrons. The molecule has 0 saturated carbocycles. The molecule has 0 unspecified atom stereocenters. The number of hydrogen-bond acceptors (Lipinski definition) is 4. The molecule has 114 valence electrons. The SMILES string of the molecule is COc1cccc(N=C(NNc2ccccc2Cl)C(C)=O)c1. The highest BCUT2D eigenvalue weighted by molar-refractivity contribution is 6.38. The second-order valence-electron chi connectivity index (χ2n) is 4.45. The van der Waals surface area contributed by atoms with E-state index in [1.807, 2.05) is 18.2 Å². The molecule has 0 aromatic heterocycles. The molecule has 0 spiro atoms. The van der Waals surface area contributed by atoms with Gasteiger partial charge in [-0.15, -0.1) is 0 Å². The molecule has 0 heterocycles. The van der Waals surface area contributed by atoms with Crippen LogP contribution in [0.3, 0.4) is 0 Å². The number of hydrogen-bond donors (Lipinski definition) is 2. The molecule has 0 atom stereocenters. The number of hydrazine groups is 1. The summed E-state index contributed by atoms with van der Waals surface area (Å²) in [5.74, 6) is 0.638. The molecular weight excluding hydrogens is 302 g/mol. The Balaban J connectivity index is 2.17. The van der Waals surface area contributed by atoms with Crippen molar-refractivity contribution in [3.63, 3.8) is 0 Å². The summed E-state index contributed by atoms with van der Waals surface area (Å²) in [7, 11) is 1.58. The van der Waals surface area contributed by atoms with Gasteiger partial charge in [0.2, 0.25) is 0 Å². The van der Waals surface area contributed by atoms with Crippen LogP contribution in [-0.2, 0) is 4.79 Å². The Morgan fingerprint density at radius 3 is 2.64 bits per heavy atom. The van der Waals surface area contributed by atoms with Gasteiger partial charge in [0.05, 0.1) is 23.5 Å². The maximum atomic E-state index is 11.7. The van der Waals surface area contributed by atoms with Crippen molar-refractivity contribution in [3.05, 3.63) is 53.6 Å². The number of Topliss-reactive ketones (excluding diaryl/α,β-unsaturated/α-hetero) is 1. The van der Waals surface area contributed by atoms with Gasteiger partial charge >= 0.3 is 0 Å². The Morgan fingerprint density at radius 1 is 1.18 bits per heavy atom. The van der Waals surface area contributed by atoms with Gasteiger partial charge in [-0.25, -0.2) is 4.99 Å². The van der Waals surface area contributed by atoms with Gasteiger partial charge in [0.25, 0.3) is 0 Å². The van der Waals surface area contributed by atoms with Gasteiger partial charge in [-0.05, 0) is 24.3 Å². The lowest BCUT2D eigenvalue weighted by atomic mass is 10.3. The fourth-order valence-electron chi connectivity index (χ4n) is 1.69. The highest BCUT2D eigenvalue weighted by Gasteiger charge is 2.07. The number of amidine groups is 1. The van der Waals surface area contributed by atoms with Gasteiger partial charge in [0, 0.05) is 13.0 Å². The highest BCUT2D eigenvalue weighted by Crippen LogP contribution is 2.21. The van der Waals surface area contributed by atoms with Crippen LogP contribution in [0.15, 0.2) is 53.5 Å². The smallest absolute Gasteiger partial charge is 0.196 e. The molecule has 0 saturated heterocycles. The molecule has 6 heteroatoms. The highest BCUT2D eigenvalue weighted by atomic mass is 35.5. The molecule has 2 rings (SSSR count). The number of ketones is 1. The van der Waals surface area contributed by atoms with Crippen molar-refractivity contribution in [1.29, 1.82) is 0 Å². The summed E-state index contributed by atoms with van der Waals surface area (Å²) in [6.45, 7) is 1.43. The zero-order valence-electron chi connectivity index (χ0n) is 12.3. The van der Waals surface area contributed by atoms with E-state index in [2.05, 4.69) is 15.8 Å². The number of anilines is 1. The minimum atomic E-state index is -0.206.